The van der Waals surface area contributed by atoms with Crippen molar-refractivity contribution in [2.45, 2.75) is 90.1 Å². The molecule has 0 radical (unpaired) electrons. The molecule has 0 bridgehead atoms. The van der Waals surface area contributed by atoms with E-state index in [2.05, 4.69) is 6.92 Å². The fraction of sp³-hybridized carbons (Fsp3) is 0.517. The number of Topliss-reactive ketones (excluding diaryl/α,β-unsaturated/α-hetero) is 1. The van der Waals surface area contributed by atoms with Gasteiger partial charge in [-0.15, -0.1) is 0 Å². The fourth-order valence-corrected chi connectivity index (χ4v) is 4.14. The second-order valence-electron chi connectivity index (χ2n) is 8.87. The van der Waals surface area contributed by atoms with Gasteiger partial charge in [0, 0.05) is 11.5 Å². The molecule has 2 unspecified atom stereocenters. The summed E-state index contributed by atoms with van der Waals surface area (Å²) in [5.41, 5.74) is 0.574. The highest BCUT2D eigenvalue weighted by Crippen LogP contribution is 2.23. The summed E-state index contributed by atoms with van der Waals surface area (Å²) >= 11 is 0. The maximum absolute atomic E-state index is 13.1. The molecule has 4 nitrogen and oxygen atoms in total. The van der Waals surface area contributed by atoms with Crippen LogP contribution in [0.25, 0.3) is 0 Å². The number of rotatable bonds is 17. The Hall–Kier alpha value is -2.46. The van der Waals surface area contributed by atoms with Crippen molar-refractivity contribution in [1.82, 2.24) is 0 Å². The molecule has 0 saturated carbocycles. The highest BCUT2D eigenvalue weighted by molar-refractivity contribution is 5.98. The van der Waals surface area contributed by atoms with Gasteiger partial charge in [0.25, 0.3) is 0 Å². The van der Waals surface area contributed by atoms with Crippen molar-refractivity contribution >= 4 is 11.8 Å². The van der Waals surface area contributed by atoms with Crippen molar-refractivity contribution in [3.8, 4) is 5.75 Å². The van der Waals surface area contributed by atoms with Crippen molar-refractivity contribution in [3.63, 3.8) is 0 Å². The number of carbonyl (C=O) groups excluding carboxylic acids is 2. The van der Waals surface area contributed by atoms with E-state index in [9.17, 15) is 14.7 Å². The number of para-hydroxylation sites is 1. The number of carbonyl (C=O) groups is 2. The molecule has 1 N–H and O–H groups in total. The molecule has 2 atom stereocenters. The number of ketones is 1. The molecule has 0 aromatic heterocycles. The topological polar surface area (TPSA) is 63.6 Å². The lowest BCUT2D eigenvalue weighted by Crippen LogP contribution is -2.31. The van der Waals surface area contributed by atoms with Crippen LogP contribution in [0.2, 0.25) is 0 Å². The van der Waals surface area contributed by atoms with Gasteiger partial charge in [-0.25, -0.2) is 0 Å². The minimum absolute atomic E-state index is 0.105. The van der Waals surface area contributed by atoms with E-state index >= 15 is 0 Å². The second-order valence-corrected chi connectivity index (χ2v) is 8.87. The van der Waals surface area contributed by atoms with E-state index in [-0.39, 0.29) is 12.2 Å². The molecule has 2 aromatic carbocycles. The van der Waals surface area contributed by atoms with Crippen LogP contribution in [0.3, 0.4) is 0 Å². The molecule has 0 saturated heterocycles. The van der Waals surface area contributed by atoms with Crippen molar-refractivity contribution in [2.75, 3.05) is 0 Å². The molecular weight excluding hydrogens is 412 g/mol. The zero-order valence-corrected chi connectivity index (χ0v) is 20.1. The summed E-state index contributed by atoms with van der Waals surface area (Å²) in [7, 11) is 0. The van der Waals surface area contributed by atoms with Gasteiger partial charge in [0.15, 0.2) is 5.78 Å². The van der Waals surface area contributed by atoms with Gasteiger partial charge < -0.3 is 9.84 Å². The van der Waals surface area contributed by atoms with Gasteiger partial charge in [-0.05, 0) is 18.6 Å². The Morgan fingerprint density at radius 3 is 1.85 bits per heavy atom. The highest BCUT2D eigenvalue weighted by Gasteiger charge is 2.29. The summed E-state index contributed by atoms with van der Waals surface area (Å²) in [6.07, 6.45) is 11.4. The van der Waals surface area contributed by atoms with Crippen LogP contribution < -0.4 is 4.74 Å². The predicted octanol–water partition coefficient (Wildman–Crippen LogP) is 7.15. The van der Waals surface area contributed by atoms with Gasteiger partial charge in [0.1, 0.15) is 5.75 Å². The van der Waals surface area contributed by atoms with Crippen LogP contribution in [0, 0.1) is 5.92 Å². The molecule has 0 amide bonds. The standard InChI is InChI=1S/C29H40O4/c1-2-3-4-5-6-7-8-9-10-17-22-26(29(32)24-18-13-11-14-19-24)27(30)23-28(31)33-25-20-15-12-16-21-25/h11-16,18-21,26-27,30H,2-10,17,22-23H2,1H3. The van der Waals surface area contributed by atoms with Crippen LogP contribution in [0.4, 0.5) is 0 Å². The molecule has 0 aliphatic carbocycles. The molecule has 4 heteroatoms. The number of ether oxygens (including phenoxy) is 1. The van der Waals surface area contributed by atoms with Crippen LogP contribution >= 0.6 is 0 Å². The first-order chi connectivity index (χ1) is 16.1. The molecule has 33 heavy (non-hydrogen) atoms. The average molecular weight is 453 g/mol. The maximum Gasteiger partial charge on any atom is 0.313 e. The van der Waals surface area contributed by atoms with E-state index in [1.807, 2.05) is 24.3 Å². The number of hydrogen-bond acceptors (Lipinski definition) is 4. The van der Waals surface area contributed by atoms with E-state index in [0.29, 0.717) is 17.7 Å². The molecule has 2 rings (SSSR count). The average Bonchev–Trinajstić information content (AvgIpc) is 2.83. The lowest BCUT2D eigenvalue weighted by molar-refractivity contribution is -0.137. The van der Waals surface area contributed by atoms with Crippen molar-refractivity contribution in [1.29, 1.82) is 0 Å². The zero-order chi connectivity index (χ0) is 23.7. The van der Waals surface area contributed by atoms with Gasteiger partial charge in [-0.3, -0.25) is 9.59 Å². The third-order valence-electron chi connectivity index (χ3n) is 6.08. The first-order valence-corrected chi connectivity index (χ1v) is 12.6. The Kier molecular flexibility index (Phi) is 13.2. The quantitative estimate of drug-likeness (QED) is 0.120. The Bertz CT molecular complexity index is 788. The molecule has 2 aromatic rings. The van der Waals surface area contributed by atoms with Gasteiger partial charge >= 0.3 is 5.97 Å². The van der Waals surface area contributed by atoms with Crippen molar-refractivity contribution < 1.29 is 19.4 Å². The third-order valence-corrected chi connectivity index (χ3v) is 6.08. The minimum Gasteiger partial charge on any atom is -0.426 e. The van der Waals surface area contributed by atoms with Crippen LogP contribution in [0.15, 0.2) is 60.7 Å². The summed E-state index contributed by atoms with van der Waals surface area (Å²) in [6, 6.07) is 17.8. The lowest BCUT2D eigenvalue weighted by atomic mass is 9.86. The summed E-state index contributed by atoms with van der Waals surface area (Å²) in [5.74, 6) is -0.797. The largest absolute Gasteiger partial charge is 0.426 e. The summed E-state index contributed by atoms with van der Waals surface area (Å²) in [4.78, 5) is 25.4. The number of benzene rings is 2. The monoisotopic (exact) mass is 452 g/mol. The van der Waals surface area contributed by atoms with Crippen LogP contribution in [0.1, 0.15) is 94.3 Å². The lowest BCUT2D eigenvalue weighted by Gasteiger charge is -2.21. The maximum atomic E-state index is 13.1. The van der Waals surface area contributed by atoms with Crippen LogP contribution in [-0.2, 0) is 4.79 Å². The summed E-state index contributed by atoms with van der Waals surface area (Å²) < 4.78 is 5.32. The van der Waals surface area contributed by atoms with E-state index in [0.717, 1.165) is 19.3 Å². The van der Waals surface area contributed by atoms with Gasteiger partial charge in [-0.1, -0.05) is 120 Å². The molecule has 180 valence electrons. The minimum atomic E-state index is -1.06. The molecule has 0 heterocycles. The smallest absolute Gasteiger partial charge is 0.313 e. The van der Waals surface area contributed by atoms with Crippen molar-refractivity contribution in [3.05, 3.63) is 66.2 Å². The first-order valence-electron chi connectivity index (χ1n) is 12.6. The number of esters is 1. The van der Waals surface area contributed by atoms with E-state index in [1.54, 1.807) is 36.4 Å². The third kappa shape index (κ3) is 10.8. The normalized spacial score (nSPS) is 12.8. The van der Waals surface area contributed by atoms with Gasteiger partial charge in [-0.2, -0.15) is 0 Å². The molecule has 0 aliphatic rings. The number of unbranched alkanes of at least 4 members (excludes halogenated alkanes) is 9. The SMILES string of the molecule is CCCCCCCCCCCCC(C(=O)c1ccccc1)C(O)CC(=O)Oc1ccccc1. The number of aliphatic hydroxyl groups excluding tert-OH is 1. The second kappa shape index (κ2) is 16.2. The molecule has 0 spiro atoms. The van der Waals surface area contributed by atoms with E-state index < -0.39 is 18.0 Å². The fourth-order valence-electron chi connectivity index (χ4n) is 4.14. The predicted molar refractivity (Wildman–Crippen MR) is 133 cm³/mol. The van der Waals surface area contributed by atoms with E-state index in [1.165, 1.54) is 44.9 Å². The van der Waals surface area contributed by atoms with Gasteiger partial charge in [0.2, 0.25) is 0 Å². The number of hydrogen-bond donors (Lipinski definition) is 1. The Morgan fingerprint density at radius 1 is 0.758 bits per heavy atom. The Balaban J connectivity index is 1.82. The first kappa shape index (κ1) is 26.8. The molecule has 0 aliphatic heterocycles. The van der Waals surface area contributed by atoms with Crippen LogP contribution in [0.5, 0.6) is 5.75 Å². The Morgan fingerprint density at radius 2 is 1.27 bits per heavy atom. The van der Waals surface area contributed by atoms with Gasteiger partial charge in [0.05, 0.1) is 12.5 Å². The van der Waals surface area contributed by atoms with Crippen molar-refractivity contribution in [2.24, 2.45) is 5.92 Å². The summed E-state index contributed by atoms with van der Waals surface area (Å²) in [5, 5.41) is 10.8. The zero-order valence-electron chi connectivity index (χ0n) is 20.1. The van der Waals surface area contributed by atoms with Crippen LogP contribution in [-0.4, -0.2) is 23.0 Å². The van der Waals surface area contributed by atoms with E-state index in [4.69, 9.17) is 4.74 Å². The summed E-state index contributed by atoms with van der Waals surface area (Å²) in [6.45, 7) is 2.24. The number of aliphatic hydroxyl groups is 1. The Labute approximate surface area is 199 Å². The molecular formula is C29H40O4. The highest BCUT2D eigenvalue weighted by atomic mass is 16.5. The molecule has 0 fully saturated rings.